The van der Waals surface area contributed by atoms with E-state index in [1.807, 2.05) is 24.3 Å². The standard InChI is InChI=1S/C20H15BrN2O4S2/c21-14-3-1-2-12(10-14)11-16-18(25)23(20(28)29-16)9-8-17(24)22-15-6-4-13(5-7-15)19(26)27/h1-7,10-11H,8-9H2,(H,22,24)(H,26,27)/p-1/b16-11+. The molecule has 1 fully saturated rings. The molecule has 9 heteroatoms. The van der Waals surface area contributed by atoms with Gasteiger partial charge in [-0.3, -0.25) is 14.5 Å². The fraction of sp³-hybridized carbons (Fsp3) is 0.100. The van der Waals surface area contributed by atoms with E-state index in [1.165, 1.54) is 40.9 Å². The number of carbonyl (C=O) groups is 3. The van der Waals surface area contributed by atoms with Gasteiger partial charge in [0.15, 0.2) is 0 Å². The maximum absolute atomic E-state index is 12.6. The molecule has 0 unspecified atom stereocenters. The smallest absolute Gasteiger partial charge is 0.266 e. The maximum atomic E-state index is 12.6. The van der Waals surface area contributed by atoms with Crippen molar-refractivity contribution in [3.63, 3.8) is 0 Å². The van der Waals surface area contributed by atoms with Crippen LogP contribution in [0, 0.1) is 0 Å². The second-order valence-corrected chi connectivity index (χ2v) is 8.64. The van der Waals surface area contributed by atoms with Gasteiger partial charge in [-0.2, -0.15) is 0 Å². The first-order valence-corrected chi connectivity index (χ1v) is 10.5. The van der Waals surface area contributed by atoms with E-state index < -0.39 is 5.97 Å². The van der Waals surface area contributed by atoms with E-state index >= 15 is 0 Å². The number of benzene rings is 2. The topological polar surface area (TPSA) is 89.5 Å². The molecular formula is C20H14BrN2O4S2-. The number of hydrogen-bond acceptors (Lipinski definition) is 6. The SMILES string of the molecule is O=C(CCN1C(=O)/C(=C\c2cccc(Br)c2)SC1=S)Nc1ccc(C(=O)[O-])cc1. The first-order chi connectivity index (χ1) is 13.8. The maximum Gasteiger partial charge on any atom is 0.266 e. The van der Waals surface area contributed by atoms with E-state index in [0.29, 0.717) is 14.9 Å². The molecule has 0 bridgehead atoms. The summed E-state index contributed by atoms with van der Waals surface area (Å²) >= 11 is 9.88. The zero-order chi connectivity index (χ0) is 21.0. The van der Waals surface area contributed by atoms with Gasteiger partial charge in [-0.05, 0) is 41.5 Å². The van der Waals surface area contributed by atoms with Gasteiger partial charge in [-0.25, -0.2) is 0 Å². The molecule has 0 radical (unpaired) electrons. The largest absolute Gasteiger partial charge is 0.545 e. The number of amides is 2. The number of aromatic carboxylic acids is 1. The van der Waals surface area contributed by atoms with Gasteiger partial charge < -0.3 is 15.2 Å². The molecular weight excluding hydrogens is 476 g/mol. The molecule has 148 valence electrons. The summed E-state index contributed by atoms with van der Waals surface area (Å²) in [4.78, 5) is 37.4. The Kier molecular flexibility index (Phi) is 6.83. The molecule has 1 saturated heterocycles. The van der Waals surface area contributed by atoms with E-state index in [9.17, 15) is 19.5 Å². The molecule has 0 aromatic heterocycles. The Labute approximate surface area is 185 Å². The zero-order valence-corrected chi connectivity index (χ0v) is 18.1. The molecule has 0 spiro atoms. The number of hydrogen-bond donors (Lipinski definition) is 1. The van der Waals surface area contributed by atoms with Crippen molar-refractivity contribution in [1.82, 2.24) is 4.90 Å². The number of carboxylic acids is 1. The lowest BCUT2D eigenvalue weighted by atomic mass is 10.2. The van der Waals surface area contributed by atoms with Crippen molar-refractivity contribution in [2.24, 2.45) is 0 Å². The van der Waals surface area contributed by atoms with Gasteiger partial charge in [0.2, 0.25) is 5.91 Å². The van der Waals surface area contributed by atoms with Crippen molar-refractivity contribution in [2.75, 3.05) is 11.9 Å². The number of halogens is 1. The number of anilines is 1. The molecule has 0 saturated carbocycles. The normalized spacial score (nSPS) is 15.1. The predicted octanol–water partition coefficient (Wildman–Crippen LogP) is 3.04. The van der Waals surface area contributed by atoms with Crippen LogP contribution in [0.25, 0.3) is 6.08 Å². The van der Waals surface area contributed by atoms with Crippen LogP contribution in [0.5, 0.6) is 0 Å². The Morgan fingerprint density at radius 1 is 1.21 bits per heavy atom. The number of nitrogens with zero attached hydrogens (tertiary/aromatic N) is 1. The highest BCUT2D eigenvalue weighted by atomic mass is 79.9. The quantitative estimate of drug-likeness (QED) is 0.495. The molecule has 2 amide bonds. The minimum atomic E-state index is -1.28. The molecule has 2 aromatic rings. The second kappa shape index (κ2) is 9.34. The second-order valence-electron chi connectivity index (χ2n) is 6.05. The van der Waals surface area contributed by atoms with Crippen molar-refractivity contribution in [1.29, 1.82) is 0 Å². The summed E-state index contributed by atoms with van der Waals surface area (Å²) in [5, 5.41) is 13.4. The van der Waals surface area contributed by atoms with E-state index in [4.69, 9.17) is 12.2 Å². The molecule has 0 aliphatic carbocycles. The third-order valence-corrected chi connectivity index (χ3v) is 5.86. The summed E-state index contributed by atoms with van der Waals surface area (Å²) in [6, 6.07) is 13.2. The average molecular weight is 490 g/mol. The number of thioether (sulfide) groups is 1. The van der Waals surface area contributed by atoms with Crippen LogP contribution in [0.1, 0.15) is 22.3 Å². The van der Waals surface area contributed by atoms with Crippen molar-refractivity contribution in [3.05, 3.63) is 69.0 Å². The summed E-state index contributed by atoms with van der Waals surface area (Å²) in [5.74, 6) is -1.82. The summed E-state index contributed by atoms with van der Waals surface area (Å²) < 4.78 is 1.31. The van der Waals surface area contributed by atoms with E-state index in [1.54, 1.807) is 6.08 Å². The Morgan fingerprint density at radius 3 is 2.59 bits per heavy atom. The number of thiocarbonyl (C=S) groups is 1. The van der Waals surface area contributed by atoms with Crippen LogP contribution in [0.3, 0.4) is 0 Å². The van der Waals surface area contributed by atoms with Crippen LogP contribution in [-0.2, 0) is 9.59 Å². The molecule has 1 aliphatic rings. The lowest BCUT2D eigenvalue weighted by molar-refractivity contribution is -0.255. The average Bonchev–Trinajstić information content (AvgIpc) is 2.93. The Bertz CT molecular complexity index is 1020. The monoisotopic (exact) mass is 489 g/mol. The van der Waals surface area contributed by atoms with Crippen LogP contribution in [0.15, 0.2) is 57.9 Å². The highest BCUT2D eigenvalue weighted by Gasteiger charge is 2.32. The van der Waals surface area contributed by atoms with Gasteiger partial charge in [-0.15, -0.1) is 0 Å². The predicted molar refractivity (Wildman–Crippen MR) is 118 cm³/mol. The molecule has 1 N–H and O–H groups in total. The first kappa shape index (κ1) is 21.2. The van der Waals surface area contributed by atoms with Crippen LogP contribution in [-0.4, -0.2) is 33.5 Å². The van der Waals surface area contributed by atoms with Crippen molar-refractivity contribution >= 4 is 73.8 Å². The Morgan fingerprint density at radius 2 is 1.93 bits per heavy atom. The van der Waals surface area contributed by atoms with Crippen LogP contribution in [0.2, 0.25) is 0 Å². The minimum Gasteiger partial charge on any atom is -0.545 e. The third kappa shape index (κ3) is 5.53. The summed E-state index contributed by atoms with van der Waals surface area (Å²) in [6.45, 7) is 0.156. The number of carboxylic acid groups (broad SMARTS) is 1. The van der Waals surface area contributed by atoms with Crippen molar-refractivity contribution in [2.45, 2.75) is 6.42 Å². The minimum absolute atomic E-state index is 0.0257. The van der Waals surface area contributed by atoms with Gasteiger partial charge in [0.05, 0.1) is 10.9 Å². The van der Waals surface area contributed by atoms with Crippen LogP contribution < -0.4 is 10.4 Å². The van der Waals surface area contributed by atoms with Crippen molar-refractivity contribution < 1.29 is 19.5 Å². The fourth-order valence-electron chi connectivity index (χ4n) is 2.57. The van der Waals surface area contributed by atoms with Gasteiger partial charge in [-0.1, -0.05) is 64.2 Å². The molecule has 29 heavy (non-hydrogen) atoms. The Hall–Kier alpha value is -2.49. The van der Waals surface area contributed by atoms with Crippen molar-refractivity contribution in [3.8, 4) is 0 Å². The molecule has 2 aromatic carbocycles. The molecule has 6 nitrogen and oxygen atoms in total. The fourth-order valence-corrected chi connectivity index (χ4v) is 4.29. The Balaban J connectivity index is 1.58. The highest BCUT2D eigenvalue weighted by molar-refractivity contribution is 9.10. The summed E-state index contributed by atoms with van der Waals surface area (Å²) in [5.41, 5.74) is 1.36. The lowest BCUT2D eigenvalue weighted by Gasteiger charge is -2.14. The number of nitrogens with one attached hydrogen (secondary N) is 1. The molecule has 1 aliphatic heterocycles. The van der Waals surface area contributed by atoms with Gasteiger partial charge in [0.1, 0.15) is 4.32 Å². The summed E-state index contributed by atoms with van der Waals surface area (Å²) in [6.07, 6.45) is 1.82. The van der Waals surface area contributed by atoms with E-state index in [-0.39, 0.29) is 30.3 Å². The van der Waals surface area contributed by atoms with Gasteiger partial charge in [0.25, 0.3) is 5.91 Å². The zero-order valence-electron chi connectivity index (χ0n) is 14.9. The van der Waals surface area contributed by atoms with E-state index in [2.05, 4.69) is 21.2 Å². The lowest BCUT2D eigenvalue weighted by Crippen LogP contribution is -2.31. The van der Waals surface area contributed by atoms with Gasteiger partial charge >= 0.3 is 0 Å². The molecule has 3 rings (SSSR count). The van der Waals surface area contributed by atoms with Crippen LogP contribution in [0.4, 0.5) is 5.69 Å². The van der Waals surface area contributed by atoms with E-state index in [0.717, 1.165) is 10.0 Å². The van der Waals surface area contributed by atoms with Crippen LogP contribution >= 0.6 is 39.9 Å². The third-order valence-electron chi connectivity index (χ3n) is 3.99. The van der Waals surface area contributed by atoms with Gasteiger partial charge in [0, 0.05) is 23.1 Å². The summed E-state index contributed by atoms with van der Waals surface area (Å²) in [7, 11) is 0. The molecule has 1 heterocycles. The molecule has 0 atom stereocenters. The highest BCUT2D eigenvalue weighted by Crippen LogP contribution is 2.33. The number of carbonyl (C=O) groups excluding carboxylic acids is 3. The first-order valence-electron chi connectivity index (χ1n) is 8.45. The number of rotatable bonds is 6.